The molecule has 0 saturated carbocycles. The fourth-order valence-electron chi connectivity index (χ4n) is 3.45. The van der Waals surface area contributed by atoms with Gasteiger partial charge in [0.15, 0.2) is 6.61 Å². The standard InChI is InChI=1S/C22H22N4O3S/c1-2-15-8-6-7-11-18(15)26-13-16(12-20(26)28)21-24-25-22(30-21)23-19(27)14-29-17-9-4-3-5-10-17/h3-11,16H,2,12-14H2,1H3,(H,23,25,27). The van der Waals surface area contributed by atoms with Crippen molar-refractivity contribution in [3.05, 3.63) is 65.2 Å². The minimum absolute atomic E-state index is 0.0360. The molecular formula is C22H22N4O3S. The second-order valence-corrected chi connectivity index (χ2v) is 7.99. The normalized spacial score (nSPS) is 16.0. The topological polar surface area (TPSA) is 84.4 Å². The van der Waals surface area contributed by atoms with Gasteiger partial charge in [-0.3, -0.25) is 14.9 Å². The molecule has 1 aliphatic heterocycles. The first-order valence-corrected chi connectivity index (χ1v) is 10.6. The molecule has 8 heteroatoms. The molecule has 3 aromatic rings. The Bertz CT molecular complexity index is 1040. The average Bonchev–Trinajstić information content (AvgIpc) is 3.39. The van der Waals surface area contributed by atoms with Crippen LogP contribution in [0.3, 0.4) is 0 Å². The van der Waals surface area contributed by atoms with Crippen molar-refractivity contribution in [3.8, 4) is 5.75 Å². The van der Waals surface area contributed by atoms with E-state index < -0.39 is 0 Å². The van der Waals surface area contributed by atoms with Crippen molar-refractivity contribution < 1.29 is 14.3 Å². The van der Waals surface area contributed by atoms with E-state index in [2.05, 4.69) is 22.4 Å². The molecule has 0 radical (unpaired) electrons. The van der Waals surface area contributed by atoms with E-state index in [1.54, 1.807) is 12.1 Å². The molecule has 0 aliphatic carbocycles. The summed E-state index contributed by atoms with van der Waals surface area (Å²) < 4.78 is 5.44. The van der Waals surface area contributed by atoms with E-state index in [0.29, 0.717) is 23.8 Å². The lowest BCUT2D eigenvalue weighted by Gasteiger charge is -2.19. The van der Waals surface area contributed by atoms with Crippen molar-refractivity contribution in [1.82, 2.24) is 10.2 Å². The number of aryl methyl sites for hydroxylation is 1. The molecule has 0 spiro atoms. The van der Waals surface area contributed by atoms with Gasteiger partial charge in [-0.15, -0.1) is 10.2 Å². The van der Waals surface area contributed by atoms with Gasteiger partial charge in [0.25, 0.3) is 5.91 Å². The third-order valence-corrected chi connectivity index (χ3v) is 5.94. The first kappa shape index (κ1) is 20.0. The molecule has 7 nitrogen and oxygen atoms in total. The summed E-state index contributed by atoms with van der Waals surface area (Å²) >= 11 is 1.30. The molecule has 2 heterocycles. The van der Waals surface area contributed by atoms with Crippen molar-refractivity contribution in [2.75, 3.05) is 23.4 Å². The molecule has 2 amide bonds. The number of para-hydroxylation sites is 2. The summed E-state index contributed by atoms with van der Waals surface area (Å²) in [4.78, 5) is 26.6. The molecule has 1 unspecified atom stereocenters. The second-order valence-electron chi connectivity index (χ2n) is 6.98. The minimum Gasteiger partial charge on any atom is -0.484 e. The maximum atomic E-state index is 12.6. The average molecular weight is 423 g/mol. The molecular weight excluding hydrogens is 400 g/mol. The summed E-state index contributed by atoms with van der Waals surface area (Å²) in [5, 5.41) is 12.1. The zero-order chi connectivity index (χ0) is 20.9. The predicted molar refractivity (Wildman–Crippen MR) is 116 cm³/mol. The Kier molecular flexibility index (Phi) is 6.04. The van der Waals surface area contributed by atoms with Crippen LogP contribution >= 0.6 is 11.3 Å². The Balaban J connectivity index is 1.37. The lowest BCUT2D eigenvalue weighted by atomic mass is 10.1. The van der Waals surface area contributed by atoms with Crippen LogP contribution in [0.15, 0.2) is 54.6 Å². The van der Waals surface area contributed by atoms with Gasteiger partial charge in [0.1, 0.15) is 10.8 Å². The second kappa shape index (κ2) is 9.04. The van der Waals surface area contributed by atoms with E-state index in [4.69, 9.17) is 4.74 Å². The first-order valence-electron chi connectivity index (χ1n) is 9.83. The third-order valence-electron chi connectivity index (χ3n) is 4.94. The summed E-state index contributed by atoms with van der Waals surface area (Å²) in [5.74, 6) is 0.370. The van der Waals surface area contributed by atoms with Gasteiger partial charge in [0.05, 0.1) is 0 Å². The van der Waals surface area contributed by atoms with E-state index in [1.807, 2.05) is 47.4 Å². The Hall–Kier alpha value is -3.26. The van der Waals surface area contributed by atoms with E-state index in [0.717, 1.165) is 22.7 Å². The van der Waals surface area contributed by atoms with Crippen molar-refractivity contribution in [3.63, 3.8) is 0 Å². The number of nitrogens with one attached hydrogen (secondary N) is 1. The molecule has 1 atom stereocenters. The molecule has 1 fully saturated rings. The number of anilines is 2. The van der Waals surface area contributed by atoms with Gasteiger partial charge in [-0.2, -0.15) is 0 Å². The smallest absolute Gasteiger partial charge is 0.264 e. The lowest BCUT2D eigenvalue weighted by molar-refractivity contribution is -0.118. The van der Waals surface area contributed by atoms with Crippen LogP contribution in [0.5, 0.6) is 5.75 Å². The molecule has 0 bridgehead atoms. The molecule has 154 valence electrons. The minimum atomic E-state index is -0.303. The summed E-state index contributed by atoms with van der Waals surface area (Å²) in [6.07, 6.45) is 1.25. The Morgan fingerprint density at radius 3 is 2.73 bits per heavy atom. The van der Waals surface area contributed by atoms with Crippen LogP contribution in [-0.2, 0) is 16.0 Å². The Morgan fingerprint density at radius 1 is 1.17 bits per heavy atom. The van der Waals surface area contributed by atoms with E-state index in [1.165, 1.54) is 11.3 Å². The van der Waals surface area contributed by atoms with Crippen LogP contribution in [0.4, 0.5) is 10.8 Å². The maximum absolute atomic E-state index is 12.6. The van der Waals surface area contributed by atoms with Crippen LogP contribution in [0.25, 0.3) is 0 Å². The number of hydrogen-bond acceptors (Lipinski definition) is 6. The number of carbonyl (C=O) groups excluding carboxylic acids is 2. The molecule has 1 aromatic heterocycles. The van der Waals surface area contributed by atoms with Crippen molar-refractivity contribution in [2.24, 2.45) is 0 Å². The van der Waals surface area contributed by atoms with E-state index in [-0.39, 0.29) is 24.3 Å². The maximum Gasteiger partial charge on any atom is 0.264 e. The number of ether oxygens (including phenoxy) is 1. The van der Waals surface area contributed by atoms with E-state index in [9.17, 15) is 9.59 Å². The van der Waals surface area contributed by atoms with Gasteiger partial charge in [0.2, 0.25) is 11.0 Å². The molecule has 30 heavy (non-hydrogen) atoms. The highest BCUT2D eigenvalue weighted by atomic mass is 32.1. The van der Waals surface area contributed by atoms with Gasteiger partial charge in [0, 0.05) is 24.6 Å². The van der Waals surface area contributed by atoms with Crippen molar-refractivity contribution in [2.45, 2.75) is 25.7 Å². The van der Waals surface area contributed by atoms with Gasteiger partial charge < -0.3 is 9.64 Å². The molecule has 1 aliphatic rings. The molecule has 4 rings (SSSR count). The summed E-state index contributed by atoms with van der Waals surface area (Å²) in [5.41, 5.74) is 2.11. The number of rotatable bonds is 7. The number of hydrogen-bond donors (Lipinski definition) is 1. The van der Waals surface area contributed by atoms with E-state index >= 15 is 0 Å². The zero-order valence-electron chi connectivity index (χ0n) is 16.6. The zero-order valence-corrected chi connectivity index (χ0v) is 17.4. The SMILES string of the molecule is CCc1ccccc1N1CC(c2nnc(NC(=O)COc3ccccc3)s2)CC1=O. The highest BCUT2D eigenvalue weighted by molar-refractivity contribution is 7.15. The summed E-state index contributed by atoms with van der Waals surface area (Å²) in [6, 6.07) is 17.1. The number of carbonyl (C=O) groups is 2. The van der Waals surface area contributed by atoms with Crippen LogP contribution in [0, 0.1) is 0 Å². The number of aromatic nitrogens is 2. The van der Waals surface area contributed by atoms with Crippen LogP contribution in [0.2, 0.25) is 0 Å². The van der Waals surface area contributed by atoms with Crippen molar-refractivity contribution in [1.29, 1.82) is 0 Å². The summed E-state index contributed by atoms with van der Waals surface area (Å²) in [6.45, 7) is 2.54. The highest BCUT2D eigenvalue weighted by Crippen LogP contribution is 2.35. The molecule has 1 saturated heterocycles. The highest BCUT2D eigenvalue weighted by Gasteiger charge is 2.34. The van der Waals surface area contributed by atoms with Crippen LogP contribution < -0.4 is 15.0 Å². The number of nitrogens with zero attached hydrogens (tertiary/aromatic N) is 3. The Morgan fingerprint density at radius 2 is 1.93 bits per heavy atom. The number of amides is 2. The quantitative estimate of drug-likeness (QED) is 0.628. The van der Waals surface area contributed by atoms with Gasteiger partial charge in [-0.05, 0) is 30.2 Å². The largest absolute Gasteiger partial charge is 0.484 e. The predicted octanol–water partition coefficient (Wildman–Crippen LogP) is 3.64. The van der Waals surface area contributed by atoms with Crippen molar-refractivity contribution >= 4 is 34.0 Å². The molecule has 2 aromatic carbocycles. The fourth-order valence-corrected chi connectivity index (χ4v) is 4.30. The first-order chi connectivity index (χ1) is 14.6. The Labute approximate surface area is 178 Å². The van der Waals surface area contributed by atoms with Crippen LogP contribution in [0.1, 0.15) is 29.8 Å². The monoisotopic (exact) mass is 422 g/mol. The van der Waals surface area contributed by atoms with Gasteiger partial charge >= 0.3 is 0 Å². The summed E-state index contributed by atoms with van der Waals surface area (Å²) in [7, 11) is 0. The third kappa shape index (κ3) is 4.49. The lowest BCUT2D eigenvalue weighted by Crippen LogP contribution is -2.25. The fraction of sp³-hybridized carbons (Fsp3) is 0.273. The van der Waals surface area contributed by atoms with Gasteiger partial charge in [-0.1, -0.05) is 54.7 Å². The number of benzene rings is 2. The van der Waals surface area contributed by atoms with Crippen LogP contribution in [-0.4, -0.2) is 35.2 Å². The molecule has 1 N–H and O–H groups in total. The van der Waals surface area contributed by atoms with Gasteiger partial charge in [-0.25, -0.2) is 0 Å².